The van der Waals surface area contributed by atoms with Gasteiger partial charge in [-0.1, -0.05) is 0 Å². The number of aryl methyl sites for hydroxylation is 1. The number of methoxy groups -OCH3 is 1. The number of rotatable bonds is 5. The molecule has 0 spiro atoms. The second-order valence-corrected chi connectivity index (χ2v) is 7.14. The van der Waals surface area contributed by atoms with E-state index in [2.05, 4.69) is 10.3 Å². The van der Waals surface area contributed by atoms with E-state index in [1.54, 1.807) is 7.11 Å². The molecule has 2 heterocycles. The predicted octanol–water partition coefficient (Wildman–Crippen LogP) is 1.35. The van der Waals surface area contributed by atoms with Crippen molar-refractivity contribution in [2.24, 2.45) is 0 Å². The summed E-state index contributed by atoms with van der Waals surface area (Å²) in [5.74, 6) is 1.22. The lowest BCUT2D eigenvalue weighted by molar-refractivity contribution is -0.122. The van der Waals surface area contributed by atoms with Crippen LogP contribution in [0.25, 0.3) is 0 Å². The summed E-state index contributed by atoms with van der Waals surface area (Å²) >= 11 is 0. The number of amides is 1. The maximum absolute atomic E-state index is 12.5. The fourth-order valence-electron chi connectivity index (χ4n) is 3.20. The van der Waals surface area contributed by atoms with Crippen molar-refractivity contribution in [2.45, 2.75) is 44.9 Å². The summed E-state index contributed by atoms with van der Waals surface area (Å²) in [6, 6.07) is 6.55. The van der Waals surface area contributed by atoms with Gasteiger partial charge in [0.15, 0.2) is 0 Å². The van der Waals surface area contributed by atoms with Crippen LogP contribution in [0.2, 0.25) is 0 Å². The van der Waals surface area contributed by atoms with E-state index in [1.165, 1.54) is 16.8 Å². The zero-order valence-electron chi connectivity index (χ0n) is 15.6. The van der Waals surface area contributed by atoms with Crippen LogP contribution in [0.5, 0.6) is 11.5 Å². The van der Waals surface area contributed by atoms with Gasteiger partial charge in [0.25, 0.3) is 5.56 Å². The van der Waals surface area contributed by atoms with Gasteiger partial charge < -0.3 is 19.4 Å². The first-order chi connectivity index (χ1) is 12.8. The van der Waals surface area contributed by atoms with E-state index in [1.807, 2.05) is 32.0 Å². The van der Waals surface area contributed by atoms with E-state index in [0.717, 1.165) is 5.56 Å². The molecule has 0 radical (unpaired) electrons. The number of carbonyl (C=O) groups is 1. The Kier molecular flexibility index (Phi) is 5.07. The third-order valence-corrected chi connectivity index (χ3v) is 4.49. The fourth-order valence-corrected chi connectivity index (χ4v) is 3.20. The second-order valence-electron chi connectivity index (χ2n) is 7.14. The molecule has 1 amide bonds. The Hall–Kier alpha value is -3.03. The molecule has 0 unspecified atom stereocenters. The summed E-state index contributed by atoms with van der Waals surface area (Å²) in [5.41, 5.74) is -0.549. The normalized spacial score (nSPS) is 17.5. The number of carbonyl (C=O) groups excluding carboxylic acids is 1. The Morgan fingerprint density at radius 3 is 2.85 bits per heavy atom. The molecule has 0 bridgehead atoms. The van der Waals surface area contributed by atoms with Crippen molar-refractivity contribution in [3.8, 4) is 11.5 Å². The summed E-state index contributed by atoms with van der Waals surface area (Å²) in [6.45, 7) is 4.12. The van der Waals surface area contributed by atoms with Gasteiger partial charge in [-0.3, -0.25) is 14.6 Å². The highest BCUT2D eigenvalue weighted by Crippen LogP contribution is 2.41. The second kappa shape index (κ2) is 7.30. The largest absolute Gasteiger partial charge is 0.497 e. The molecule has 1 atom stereocenters. The number of benzene rings is 1. The monoisotopic (exact) mass is 373 g/mol. The van der Waals surface area contributed by atoms with Gasteiger partial charge in [-0.25, -0.2) is 4.79 Å². The molecule has 0 fully saturated rings. The van der Waals surface area contributed by atoms with Crippen LogP contribution in [0.4, 0.5) is 0 Å². The van der Waals surface area contributed by atoms with Crippen LogP contribution in [0.3, 0.4) is 0 Å². The van der Waals surface area contributed by atoms with Crippen molar-refractivity contribution >= 4 is 5.91 Å². The Morgan fingerprint density at radius 2 is 2.15 bits per heavy atom. The zero-order chi connectivity index (χ0) is 19.6. The van der Waals surface area contributed by atoms with Gasteiger partial charge in [0.1, 0.15) is 17.1 Å². The number of ether oxygens (including phenoxy) is 2. The first-order valence-corrected chi connectivity index (χ1v) is 8.73. The number of hydrogen-bond acceptors (Lipinski definition) is 5. The van der Waals surface area contributed by atoms with Crippen molar-refractivity contribution in [2.75, 3.05) is 7.11 Å². The van der Waals surface area contributed by atoms with Crippen LogP contribution in [0, 0.1) is 0 Å². The summed E-state index contributed by atoms with van der Waals surface area (Å²) < 4.78 is 12.6. The van der Waals surface area contributed by atoms with E-state index < -0.39 is 16.9 Å². The van der Waals surface area contributed by atoms with Gasteiger partial charge >= 0.3 is 5.69 Å². The minimum absolute atomic E-state index is 0.114. The zero-order valence-corrected chi connectivity index (χ0v) is 15.6. The number of fused-ring (bicyclic) bond motifs is 1. The molecule has 0 saturated carbocycles. The molecule has 2 aromatic rings. The van der Waals surface area contributed by atoms with Gasteiger partial charge in [-0.05, 0) is 32.0 Å². The molecular formula is C19H23N3O5. The van der Waals surface area contributed by atoms with Crippen LogP contribution in [-0.2, 0) is 11.3 Å². The van der Waals surface area contributed by atoms with Crippen LogP contribution < -0.4 is 26.0 Å². The first kappa shape index (κ1) is 18.8. The van der Waals surface area contributed by atoms with E-state index >= 15 is 0 Å². The van der Waals surface area contributed by atoms with E-state index in [4.69, 9.17) is 9.47 Å². The summed E-state index contributed by atoms with van der Waals surface area (Å²) in [5, 5.41) is 3.02. The third-order valence-electron chi connectivity index (χ3n) is 4.49. The lowest BCUT2D eigenvalue weighted by Crippen LogP contribution is -2.41. The predicted molar refractivity (Wildman–Crippen MR) is 99.1 cm³/mol. The topological polar surface area (TPSA) is 102 Å². The van der Waals surface area contributed by atoms with Crippen LogP contribution in [-0.4, -0.2) is 28.2 Å². The molecule has 1 aliphatic heterocycles. The van der Waals surface area contributed by atoms with Crippen LogP contribution in [0.15, 0.2) is 40.1 Å². The summed E-state index contributed by atoms with van der Waals surface area (Å²) in [6.07, 6.45) is 2.10. The average molecular weight is 373 g/mol. The Balaban J connectivity index is 1.73. The number of aromatic amines is 1. The maximum Gasteiger partial charge on any atom is 0.328 e. The highest BCUT2D eigenvalue weighted by atomic mass is 16.5. The number of hydrogen-bond donors (Lipinski definition) is 2. The smallest absolute Gasteiger partial charge is 0.328 e. The van der Waals surface area contributed by atoms with Gasteiger partial charge in [0.2, 0.25) is 5.91 Å². The minimum atomic E-state index is -0.530. The molecular weight excluding hydrogens is 350 g/mol. The third kappa shape index (κ3) is 4.39. The van der Waals surface area contributed by atoms with E-state index in [9.17, 15) is 14.4 Å². The van der Waals surface area contributed by atoms with Gasteiger partial charge in [0, 0.05) is 37.2 Å². The number of H-pyrrole nitrogens is 1. The molecule has 3 rings (SSSR count). The Labute approximate surface area is 156 Å². The quantitative estimate of drug-likeness (QED) is 0.824. The van der Waals surface area contributed by atoms with Crippen molar-refractivity contribution in [3.63, 3.8) is 0 Å². The van der Waals surface area contributed by atoms with E-state index in [-0.39, 0.29) is 24.9 Å². The van der Waals surface area contributed by atoms with Crippen molar-refractivity contribution in [1.29, 1.82) is 0 Å². The molecule has 2 N–H and O–H groups in total. The lowest BCUT2D eigenvalue weighted by atomic mass is 9.89. The molecule has 1 aliphatic rings. The maximum atomic E-state index is 12.5. The van der Waals surface area contributed by atoms with Crippen molar-refractivity contribution in [3.05, 3.63) is 56.9 Å². The molecule has 8 heteroatoms. The molecule has 1 aromatic heterocycles. The van der Waals surface area contributed by atoms with Crippen LogP contribution in [0.1, 0.15) is 38.3 Å². The SMILES string of the molecule is COc1ccc2c(c1)[C@H](NC(=O)CCn1ccc(=O)[nH]c1=O)CC(C)(C)O2. The van der Waals surface area contributed by atoms with Gasteiger partial charge in [-0.2, -0.15) is 0 Å². The van der Waals surface area contributed by atoms with Crippen molar-refractivity contribution < 1.29 is 14.3 Å². The van der Waals surface area contributed by atoms with Crippen LogP contribution >= 0.6 is 0 Å². The Morgan fingerprint density at radius 1 is 1.37 bits per heavy atom. The molecule has 0 saturated heterocycles. The summed E-state index contributed by atoms with van der Waals surface area (Å²) in [7, 11) is 1.59. The molecule has 1 aromatic carbocycles. The van der Waals surface area contributed by atoms with Crippen molar-refractivity contribution in [1.82, 2.24) is 14.9 Å². The standard InChI is InChI=1S/C19H23N3O5/c1-19(2)11-14(13-10-12(26-3)4-5-15(13)27-19)20-16(23)6-8-22-9-7-17(24)21-18(22)25/h4-5,7,9-10,14H,6,8,11H2,1-3H3,(H,20,23)(H,21,24,25)/t14-/m1/s1. The number of aromatic nitrogens is 2. The summed E-state index contributed by atoms with van der Waals surface area (Å²) in [4.78, 5) is 37.4. The molecule has 8 nitrogen and oxygen atoms in total. The van der Waals surface area contributed by atoms with Gasteiger partial charge in [0.05, 0.1) is 13.2 Å². The highest BCUT2D eigenvalue weighted by Gasteiger charge is 2.34. The number of nitrogens with one attached hydrogen (secondary N) is 2. The first-order valence-electron chi connectivity index (χ1n) is 8.73. The van der Waals surface area contributed by atoms with E-state index in [0.29, 0.717) is 17.9 Å². The Bertz CT molecular complexity index is 960. The fraction of sp³-hybridized carbons (Fsp3) is 0.421. The lowest BCUT2D eigenvalue weighted by Gasteiger charge is -2.38. The molecule has 144 valence electrons. The van der Waals surface area contributed by atoms with Gasteiger partial charge in [-0.15, -0.1) is 0 Å². The molecule has 27 heavy (non-hydrogen) atoms. The molecule has 0 aliphatic carbocycles. The average Bonchev–Trinajstić information content (AvgIpc) is 2.60. The highest BCUT2D eigenvalue weighted by molar-refractivity contribution is 5.76. The minimum Gasteiger partial charge on any atom is -0.497 e. The number of nitrogens with zero attached hydrogens (tertiary/aromatic N) is 1.